The van der Waals surface area contributed by atoms with E-state index in [1.807, 2.05) is 0 Å². The Morgan fingerprint density at radius 3 is 1.48 bits per heavy atom. The second-order valence-electron chi connectivity index (χ2n) is 5.79. The molecule has 0 unspecified atom stereocenters. The van der Waals surface area contributed by atoms with Gasteiger partial charge in [-0.3, -0.25) is 9.59 Å². The van der Waals surface area contributed by atoms with Crippen LogP contribution in [-0.2, 0) is 5.41 Å². The molecule has 2 heterocycles. The fourth-order valence-corrected chi connectivity index (χ4v) is 2.51. The van der Waals surface area contributed by atoms with E-state index in [-0.39, 0.29) is 33.9 Å². The summed E-state index contributed by atoms with van der Waals surface area (Å²) in [4.78, 5) is 24.3. The summed E-state index contributed by atoms with van der Waals surface area (Å²) in [6.07, 6.45) is 0. The lowest BCUT2D eigenvalue weighted by molar-refractivity contribution is 0.280. The van der Waals surface area contributed by atoms with E-state index in [0.717, 1.165) is 0 Å². The Balaban J connectivity index is 2.83. The molecular weight excluding hydrogens is 300 g/mol. The lowest BCUT2D eigenvalue weighted by atomic mass is 9.85. The van der Waals surface area contributed by atoms with Crippen molar-refractivity contribution >= 4 is 0 Å². The zero-order valence-electron chi connectivity index (χ0n) is 14.1. The number of aryl methyl sites for hydroxylation is 2. The normalized spacial score (nSPS) is 11.4. The van der Waals surface area contributed by atoms with Crippen LogP contribution in [0.5, 0.6) is 11.5 Å². The Hall–Kier alpha value is -2.50. The van der Waals surface area contributed by atoms with Crippen molar-refractivity contribution < 1.29 is 18.3 Å². The molecule has 0 atom stereocenters. The summed E-state index contributed by atoms with van der Waals surface area (Å²) in [6, 6.07) is 2.70. The predicted octanol–water partition coefficient (Wildman–Crippen LogP) is 2.55. The van der Waals surface area contributed by atoms with Crippen molar-refractivity contribution in [2.45, 2.75) is 33.1 Å². The van der Waals surface area contributed by atoms with E-state index in [0.29, 0.717) is 11.5 Å². The molecule has 0 fully saturated rings. The smallest absolute Gasteiger partial charge is 0.227 e. The second kappa shape index (κ2) is 5.95. The molecule has 0 saturated heterocycles. The largest absolute Gasteiger partial charge is 0.490 e. The standard InChI is InChI=1S/C17H20O6/c1-9-7-11(18)13(20-5)15(22-9)17(3,4)16-14(21-6)12(19)8-10(2)23-16/h7-8H,1-6H3. The van der Waals surface area contributed by atoms with Crippen LogP contribution in [0.4, 0.5) is 0 Å². The number of methoxy groups -OCH3 is 2. The minimum Gasteiger partial charge on any atom is -0.490 e. The van der Waals surface area contributed by atoms with Gasteiger partial charge in [-0.25, -0.2) is 0 Å². The van der Waals surface area contributed by atoms with Crippen LogP contribution in [0.2, 0.25) is 0 Å². The van der Waals surface area contributed by atoms with Crippen LogP contribution in [0.25, 0.3) is 0 Å². The van der Waals surface area contributed by atoms with E-state index in [2.05, 4.69) is 0 Å². The first-order chi connectivity index (χ1) is 10.7. The van der Waals surface area contributed by atoms with E-state index in [1.165, 1.54) is 26.4 Å². The summed E-state index contributed by atoms with van der Waals surface area (Å²) in [7, 11) is 2.79. The number of ether oxygens (including phenoxy) is 2. The SMILES string of the molecule is COc1c(C(C)(C)c2oc(C)cc(=O)c2OC)oc(C)cc1=O. The van der Waals surface area contributed by atoms with Gasteiger partial charge in [0.05, 0.1) is 19.6 Å². The van der Waals surface area contributed by atoms with Crippen molar-refractivity contribution in [1.29, 1.82) is 0 Å². The lowest BCUT2D eigenvalue weighted by Crippen LogP contribution is -2.26. The first-order valence-corrected chi connectivity index (χ1v) is 7.10. The van der Waals surface area contributed by atoms with Gasteiger partial charge >= 0.3 is 0 Å². The topological polar surface area (TPSA) is 78.9 Å². The Morgan fingerprint density at radius 1 is 0.826 bits per heavy atom. The Kier molecular flexibility index (Phi) is 4.36. The number of hydrogen-bond donors (Lipinski definition) is 0. The molecule has 0 aromatic carbocycles. The summed E-state index contributed by atoms with van der Waals surface area (Å²) < 4.78 is 21.9. The summed E-state index contributed by atoms with van der Waals surface area (Å²) in [5.41, 5.74) is -1.55. The van der Waals surface area contributed by atoms with Gasteiger partial charge in [-0.1, -0.05) is 0 Å². The molecule has 0 amide bonds. The highest BCUT2D eigenvalue weighted by molar-refractivity contribution is 5.42. The fourth-order valence-electron chi connectivity index (χ4n) is 2.51. The third kappa shape index (κ3) is 2.88. The van der Waals surface area contributed by atoms with Crippen molar-refractivity contribution in [2.75, 3.05) is 14.2 Å². The molecule has 23 heavy (non-hydrogen) atoms. The van der Waals surface area contributed by atoms with Crippen LogP contribution in [0.15, 0.2) is 30.6 Å². The molecule has 2 aromatic heterocycles. The third-order valence-corrected chi connectivity index (χ3v) is 3.60. The van der Waals surface area contributed by atoms with Gasteiger partial charge in [-0.15, -0.1) is 0 Å². The number of rotatable bonds is 4. The van der Waals surface area contributed by atoms with Crippen molar-refractivity contribution in [3.8, 4) is 11.5 Å². The molecule has 0 spiro atoms. The quantitative estimate of drug-likeness (QED) is 0.861. The minimum atomic E-state index is -0.951. The molecule has 6 heteroatoms. The van der Waals surface area contributed by atoms with Gasteiger partial charge in [0.2, 0.25) is 22.4 Å². The van der Waals surface area contributed by atoms with E-state index in [9.17, 15) is 9.59 Å². The van der Waals surface area contributed by atoms with Crippen molar-refractivity contribution in [3.05, 3.63) is 55.6 Å². The monoisotopic (exact) mass is 320 g/mol. The zero-order valence-corrected chi connectivity index (χ0v) is 14.1. The second-order valence-corrected chi connectivity index (χ2v) is 5.79. The Labute approximate surface area is 133 Å². The summed E-state index contributed by atoms with van der Waals surface area (Å²) >= 11 is 0. The molecule has 0 radical (unpaired) electrons. The fraction of sp³-hybridized carbons (Fsp3) is 0.412. The number of hydrogen-bond acceptors (Lipinski definition) is 6. The van der Waals surface area contributed by atoms with Gasteiger partial charge in [0.15, 0.2) is 11.5 Å². The van der Waals surface area contributed by atoms with Crippen molar-refractivity contribution in [3.63, 3.8) is 0 Å². The van der Waals surface area contributed by atoms with E-state index in [1.54, 1.807) is 27.7 Å². The van der Waals surface area contributed by atoms with Gasteiger partial charge < -0.3 is 18.3 Å². The first-order valence-electron chi connectivity index (χ1n) is 7.10. The summed E-state index contributed by atoms with van der Waals surface area (Å²) in [6.45, 7) is 6.88. The molecule has 0 aliphatic rings. The van der Waals surface area contributed by atoms with Crippen LogP contribution in [0.1, 0.15) is 36.9 Å². The van der Waals surface area contributed by atoms with Gasteiger partial charge in [0.1, 0.15) is 11.5 Å². The molecule has 0 bridgehead atoms. The maximum absolute atomic E-state index is 12.1. The van der Waals surface area contributed by atoms with Crippen LogP contribution in [0.3, 0.4) is 0 Å². The third-order valence-electron chi connectivity index (χ3n) is 3.60. The van der Waals surface area contributed by atoms with Crippen molar-refractivity contribution in [1.82, 2.24) is 0 Å². The summed E-state index contributed by atoms with van der Waals surface area (Å²) in [5, 5.41) is 0. The summed E-state index contributed by atoms with van der Waals surface area (Å²) in [5.74, 6) is 1.58. The highest BCUT2D eigenvalue weighted by Crippen LogP contribution is 2.39. The van der Waals surface area contributed by atoms with Crippen LogP contribution < -0.4 is 20.3 Å². The molecule has 6 nitrogen and oxygen atoms in total. The predicted molar refractivity (Wildman–Crippen MR) is 84.7 cm³/mol. The molecule has 124 valence electrons. The highest BCUT2D eigenvalue weighted by atomic mass is 16.5. The van der Waals surface area contributed by atoms with E-state index in [4.69, 9.17) is 18.3 Å². The van der Waals surface area contributed by atoms with Gasteiger partial charge in [-0.2, -0.15) is 0 Å². The van der Waals surface area contributed by atoms with E-state index < -0.39 is 5.41 Å². The molecule has 0 aliphatic carbocycles. The van der Waals surface area contributed by atoms with Gasteiger partial charge in [-0.05, 0) is 27.7 Å². The van der Waals surface area contributed by atoms with Gasteiger partial charge in [0, 0.05) is 12.1 Å². The molecule has 0 saturated carbocycles. The Morgan fingerprint density at radius 2 is 1.17 bits per heavy atom. The molecular formula is C17H20O6. The van der Waals surface area contributed by atoms with Crippen LogP contribution in [-0.4, -0.2) is 14.2 Å². The van der Waals surface area contributed by atoms with Gasteiger partial charge in [0.25, 0.3) is 0 Å². The zero-order chi connectivity index (χ0) is 17.4. The minimum absolute atomic E-state index is 0.0757. The molecule has 0 N–H and O–H groups in total. The maximum Gasteiger partial charge on any atom is 0.227 e. The molecule has 2 rings (SSSR count). The molecule has 0 aliphatic heterocycles. The average Bonchev–Trinajstić information content (AvgIpc) is 2.45. The Bertz CT molecular complexity index is 772. The van der Waals surface area contributed by atoms with E-state index >= 15 is 0 Å². The lowest BCUT2D eigenvalue weighted by Gasteiger charge is -2.25. The van der Waals surface area contributed by atoms with Crippen molar-refractivity contribution in [2.24, 2.45) is 0 Å². The first kappa shape index (κ1) is 16.9. The maximum atomic E-state index is 12.1. The van der Waals surface area contributed by atoms with Crippen LogP contribution >= 0.6 is 0 Å². The van der Waals surface area contributed by atoms with Crippen LogP contribution in [0, 0.1) is 13.8 Å². The average molecular weight is 320 g/mol. The highest BCUT2D eigenvalue weighted by Gasteiger charge is 2.37. The molecule has 2 aromatic rings.